The third-order valence-corrected chi connectivity index (χ3v) is 5.76. The molecule has 0 unspecified atom stereocenters. The van der Waals surface area contributed by atoms with Crippen LogP contribution in [0.4, 0.5) is 5.00 Å². The molecule has 5 nitrogen and oxygen atoms in total. The van der Waals surface area contributed by atoms with Crippen molar-refractivity contribution in [2.45, 2.75) is 31.8 Å². The molecule has 0 bridgehead atoms. The Kier molecular flexibility index (Phi) is 3.95. The van der Waals surface area contributed by atoms with Gasteiger partial charge in [0, 0.05) is 37.6 Å². The van der Waals surface area contributed by atoms with Crippen LogP contribution in [-0.4, -0.2) is 53.4 Å². The van der Waals surface area contributed by atoms with Crippen LogP contribution in [0.25, 0.3) is 10.9 Å². The highest BCUT2D eigenvalue weighted by Crippen LogP contribution is 2.31. The van der Waals surface area contributed by atoms with E-state index in [4.69, 9.17) is 0 Å². The van der Waals surface area contributed by atoms with E-state index in [1.165, 1.54) is 10.4 Å². The Hall–Kier alpha value is -1.66. The summed E-state index contributed by atoms with van der Waals surface area (Å²) in [5, 5.41) is 5.61. The first kappa shape index (κ1) is 14.9. The summed E-state index contributed by atoms with van der Waals surface area (Å²) in [6, 6.07) is 8.72. The van der Waals surface area contributed by atoms with Crippen LogP contribution in [-0.2, 0) is 4.79 Å². The molecule has 2 aliphatic rings. The van der Waals surface area contributed by atoms with Gasteiger partial charge in [-0.15, -0.1) is 0 Å². The van der Waals surface area contributed by atoms with Crippen molar-refractivity contribution < 1.29 is 4.79 Å². The Morgan fingerprint density at radius 3 is 2.74 bits per heavy atom. The van der Waals surface area contributed by atoms with Crippen molar-refractivity contribution in [3.8, 4) is 0 Å². The van der Waals surface area contributed by atoms with E-state index in [0.717, 1.165) is 44.5 Å². The Bertz CT molecular complexity index is 703. The summed E-state index contributed by atoms with van der Waals surface area (Å²) >= 11 is 1.58. The van der Waals surface area contributed by atoms with Crippen molar-refractivity contribution >= 4 is 33.3 Å². The Balaban J connectivity index is 1.39. The summed E-state index contributed by atoms with van der Waals surface area (Å²) in [4.78, 5) is 16.9. The van der Waals surface area contributed by atoms with Crippen LogP contribution in [0, 0.1) is 0 Å². The largest absolute Gasteiger partial charge is 0.359 e. The highest BCUT2D eigenvalue weighted by Gasteiger charge is 2.30. The van der Waals surface area contributed by atoms with E-state index in [0.29, 0.717) is 6.04 Å². The van der Waals surface area contributed by atoms with Gasteiger partial charge in [-0.3, -0.25) is 9.69 Å². The summed E-state index contributed by atoms with van der Waals surface area (Å²) in [6.07, 6.45) is 2.29. The van der Waals surface area contributed by atoms with E-state index in [1.54, 1.807) is 11.5 Å². The minimum absolute atomic E-state index is 0.0315. The van der Waals surface area contributed by atoms with Crippen LogP contribution >= 0.6 is 11.5 Å². The van der Waals surface area contributed by atoms with Gasteiger partial charge in [0.05, 0.1) is 11.6 Å². The predicted octanol–water partition coefficient (Wildman–Crippen LogP) is 2.09. The number of piperazine rings is 1. The van der Waals surface area contributed by atoms with Gasteiger partial charge in [-0.25, -0.2) is 0 Å². The average molecular weight is 330 g/mol. The molecule has 1 atom stereocenters. The zero-order valence-corrected chi connectivity index (χ0v) is 14.2. The molecule has 1 saturated heterocycles. The van der Waals surface area contributed by atoms with Crippen LogP contribution in [0.1, 0.15) is 19.8 Å². The van der Waals surface area contributed by atoms with Gasteiger partial charge >= 0.3 is 0 Å². The molecule has 1 amide bonds. The van der Waals surface area contributed by atoms with E-state index in [1.807, 2.05) is 13.0 Å². The fourth-order valence-corrected chi connectivity index (χ4v) is 4.04. The second-order valence-electron chi connectivity index (χ2n) is 6.49. The fraction of sp³-hybridized carbons (Fsp3) is 0.529. The maximum absolute atomic E-state index is 12.2. The molecule has 23 heavy (non-hydrogen) atoms. The lowest BCUT2D eigenvalue weighted by Crippen LogP contribution is -2.54. The second kappa shape index (κ2) is 6.09. The Labute approximate surface area is 140 Å². The molecule has 1 aromatic heterocycles. The molecule has 4 rings (SSSR count). The molecule has 1 saturated carbocycles. The summed E-state index contributed by atoms with van der Waals surface area (Å²) in [7, 11) is 0. The highest BCUT2D eigenvalue weighted by atomic mass is 32.1. The lowest BCUT2D eigenvalue weighted by atomic mass is 10.2. The predicted molar refractivity (Wildman–Crippen MR) is 94.0 cm³/mol. The average Bonchev–Trinajstić information content (AvgIpc) is 3.30. The summed E-state index contributed by atoms with van der Waals surface area (Å²) in [6.45, 7) is 5.77. The van der Waals surface area contributed by atoms with Gasteiger partial charge in [-0.1, -0.05) is 12.1 Å². The number of nitrogens with zero attached hydrogens (tertiary/aromatic N) is 3. The molecule has 2 aromatic rings. The molecule has 1 aliphatic carbocycles. The van der Waals surface area contributed by atoms with E-state index in [2.05, 4.69) is 37.7 Å². The van der Waals surface area contributed by atoms with Gasteiger partial charge in [0.1, 0.15) is 5.00 Å². The van der Waals surface area contributed by atoms with Crippen molar-refractivity contribution in [1.82, 2.24) is 14.6 Å². The van der Waals surface area contributed by atoms with Crippen LogP contribution < -0.4 is 10.2 Å². The van der Waals surface area contributed by atoms with Crippen LogP contribution in [0.15, 0.2) is 24.3 Å². The zero-order valence-electron chi connectivity index (χ0n) is 13.4. The number of benzene rings is 1. The van der Waals surface area contributed by atoms with Gasteiger partial charge in [0.2, 0.25) is 5.91 Å². The maximum Gasteiger partial charge on any atom is 0.237 e. The topological polar surface area (TPSA) is 48.5 Å². The number of fused-ring (bicyclic) bond motifs is 1. The number of carbonyl (C=O) groups is 1. The summed E-state index contributed by atoms with van der Waals surface area (Å²) in [5.74, 6) is 0.184. The number of rotatable bonds is 4. The molecular formula is C17H22N4OS. The molecule has 122 valence electrons. The number of hydrogen-bond donors (Lipinski definition) is 1. The minimum atomic E-state index is -0.0315. The molecule has 1 aliphatic heterocycles. The number of nitrogens with one attached hydrogen (secondary N) is 1. The standard InChI is InChI=1S/C17H22N4OS/c1-12(16(22)18-13-6-7-13)20-8-10-21(11-9-20)17-14-4-2-3-5-15(14)19-23-17/h2-5,12-13H,6-11H2,1H3,(H,18,22)/t12-/m1/s1. The lowest BCUT2D eigenvalue weighted by molar-refractivity contribution is -0.126. The molecule has 0 radical (unpaired) electrons. The first-order valence-corrected chi connectivity index (χ1v) is 9.13. The van der Waals surface area contributed by atoms with Crippen LogP contribution in [0.2, 0.25) is 0 Å². The second-order valence-corrected chi connectivity index (χ2v) is 7.24. The SMILES string of the molecule is C[C@H](C(=O)NC1CC1)N1CCN(c2snc3ccccc23)CC1. The van der Waals surface area contributed by atoms with Gasteiger partial charge < -0.3 is 10.2 Å². The fourth-order valence-electron chi connectivity index (χ4n) is 3.13. The third kappa shape index (κ3) is 3.05. The normalized spacial score (nSPS) is 20.7. The van der Waals surface area contributed by atoms with Crippen LogP contribution in [0.5, 0.6) is 0 Å². The molecule has 2 fully saturated rings. The minimum Gasteiger partial charge on any atom is -0.359 e. The van der Waals surface area contributed by atoms with Crippen molar-refractivity contribution in [3.05, 3.63) is 24.3 Å². The Morgan fingerprint density at radius 1 is 1.26 bits per heavy atom. The van der Waals surface area contributed by atoms with Gasteiger partial charge in [-0.2, -0.15) is 4.37 Å². The first-order valence-electron chi connectivity index (χ1n) is 8.36. The zero-order chi connectivity index (χ0) is 15.8. The van der Waals surface area contributed by atoms with Gasteiger partial charge in [0.25, 0.3) is 0 Å². The van der Waals surface area contributed by atoms with Crippen molar-refractivity contribution in [3.63, 3.8) is 0 Å². The van der Waals surface area contributed by atoms with Crippen molar-refractivity contribution in [2.75, 3.05) is 31.1 Å². The number of hydrogen-bond acceptors (Lipinski definition) is 5. The number of amides is 1. The molecule has 0 spiro atoms. The maximum atomic E-state index is 12.2. The molecule has 1 N–H and O–H groups in total. The van der Waals surface area contributed by atoms with Gasteiger partial charge in [-0.05, 0) is 43.4 Å². The van der Waals surface area contributed by atoms with Crippen molar-refractivity contribution in [1.29, 1.82) is 0 Å². The van der Waals surface area contributed by atoms with Gasteiger partial charge in [0.15, 0.2) is 0 Å². The number of carbonyl (C=O) groups excluding carboxylic acids is 1. The summed E-state index contributed by atoms with van der Waals surface area (Å²) in [5.41, 5.74) is 1.08. The molecule has 2 heterocycles. The smallest absolute Gasteiger partial charge is 0.237 e. The Morgan fingerprint density at radius 2 is 2.00 bits per heavy atom. The monoisotopic (exact) mass is 330 g/mol. The van der Waals surface area contributed by atoms with E-state index in [9.17, 15) is 4.79 Å². The third-order valence-electron chi connectivity index (χ3n) is 4.82. The lowest BCUT2D eigenvalue weighted by Gasteiger charge is -2.37. The van der Waals surface area contributed by atoms with E-state index in [-0.39, 0.29) is 11.9 Å². The number of anilines is 1. The van der Waals surface area contributed by atoms with Crippen LogP contribution in [0.3, 0.4) is 0 Å². The molecule has 6 heteroatoms. The van der Waals surface area contributed by atoms with E-state index < -0.39 is 0 Å². The number of aromatic nitrogens is 1. The van der Waals surface area contributed by atoms with E-state index >= 15 is 0 Å². The molecular weight excluding hydrogens is 308 g/mol. The quantitative estimate of drug-likeness (QED) is 0.932. The van der Waals surface area contributed by atoms with Crippen molar-refractivity contribution in [2.24, 2.45) is 0 Å². The summed E-state index contributed by atoms with van der Waals surface area (Å²) < 4.78 is 4.54. The molecule has 1 aromatic carbocycles. The highest BCUT2D eigenvalue weighted by molar-refractivity contribution is 7.11. The first-order chi connectivity index (χ1) is 11.2.